The lowest BCUT2D eigenvalue weighted by molar-refractivity contribution is 0.190. The summed E-state index contributed by atoms with van der Waals surface area (Å²) in [6.45, 7) is 6.58. The number of carbonyl (C=O) groups is 1. The van der Waals surface area contributed by atoms with Crippen LogP contribution in [0.1, 0.15) is 29.3 Å². The molecule has 31 heavy (non-hydrogen) atoms. The van der Waals surface area contributed by atoms with Crippen LogP contribution in [0.25, 0.3) is 11.0 Å². The lowest BCUT2D eigenvalue weighted by atomic mass is 10.1. The van der Waals surface area contributed by atoms with Crippen molar-refractivity contribution >= 4 is 50.4 Å². The van der Waals surface area contributed by atoms with Crippen LogP contribution in [0, 0.1) is 26.6 Å². The van der Waals surface area contributed by atoms with Gasteiger partial charge in [-0.3, -0.25) is 0 Å². The minimum Gasteiger partial charge on any atom is -0.465 e. The van der Waals surface area contributed by atoms with Gasteiger partial charge in [0.05, 0.1) is 16.0 Å². The Bertz CT molecular complexity index is 1300. The van der Waals surface area contributed by atoms with E-state index in [1.54, 1.807) is 26.0 Å². The summed E-state index contributed by atoms with van der Waals surface area (Å²) in [5.74, 6) is -0.957. The molecule has 3 rings (SSSR count). The van der Waals surface area contributed by atoms with Crippen molar-refractivity contribution in [1.29, 1.82) is 0 Å². The molecule has 0 fully saturated rings. The molecule has 2 heterocycles. The topological polar surface area (TPSA) is 114 Å². The SMILES string of the molecule is Cc1cc(C)c(S(=O)(=O)n2c(C[C@H](C)NC(=O)O)c(F)c3c(Cl)nc(Cl)nc32)c(C)c1. The van der Waals surface area contributed by atoms with Gasteiger partial charge in [0.1, 0.15) is 5.15 Å². The second-order valence-electron chi connectivity index (χ2n) is 7.29. The minimum absolute atomic E-state index is 0.0130. The average molecular weight is 489 g/mol. The van der Waals surface area contributed by atoms with Crippen LogP contribution in [0.5, 0.6) is 0 Å². The zero-order valence-electron chi connectivity index (χ0n) is 17.0. The Labute approximate surface area is 188 Å². The summed E-state index contributed by atoms with van der Waals surface area (Å²) < 4.78 is 43.7. The molecule has 0 radical (unpaired) electrons. The Kier molecular flexibility index (Phi) is 6.18. The Morgan fingerprint density at radius 3 is 2.35 bits per heavy atom. The minimum atomic E-state index is -4.37. The number of hydrogen-bond donors (Lipinski definition) is 2. The Morgan fingerprint density at radius 1 is 1.23 bits per heavy atom. The van der Waals surface area contributed by atoms with Gasteiger partial charge in [0.2, 0.25) is 5.28 Å². The number of rotatable bonds is 5. The summed E-state index contributed by atoms with van der Waals surface area (Å²) in [4.78, 5) is 18.6. The molecule has 3 aromatic rings. The average Bonchev–Trinajstić information content (AvgIpc) is 2.85. The van der Waals surface area contributed by atoms with Crippen LogP contribution in [-0.4, -0.2) is 39.6 Å². The number of hydrogen-bond acceptors (Lipinski definition) is 5. The highest BCUT2D eigenvalue weighted by atomic mass is 35.5. The molecule has 166 valence electrons. The van der Waals surface area contributed by atoms with E-state index in [4.69, 9.17) is 28.3 Å². The first-order valence-corrected chi connectivity index (χ1v) is 11.3. The Morgan fingerprint density at radius 2 is 1.81 bits per heavy atom. The Balaban J connectivity index is 2.40. The Hall–Kier alpha value is -2.43. The number of benzene rings is 1. The van der Waals surface area contributed by atoms with Gasteiger partial charge in [0.25, 0.3) is 10.0 Å². The number of fused-ring (bicyclic) bond motifs is 1. The van der Waals surface area contributed by atoms with Crippen LogP contribution in [0.15, 0.2) is 17.0 Å². The van der Waals surface area contributed by atoms with Crippen LogP contribution < -0.4 is 5.32 Å². The quantitative estimate of drug-likeness (QED) is 0.410. The lowest BCUT2D eigenvalue weighted by Gasteiger charge is -2.17. The maximum Gasteiger partial charge on any atom is 0.404 e. The van der Waals surface area contributed by atoms with E-state index in [0.29, 0.717) is 11.1 Å². The van der Waals surface area contributed by atoms with Crippen molar-refractivity contribution in [3.63, 3.8) is 0 Å². The first kappa shape index (κ1) is 23.2. The number of aryl methyl sites for hydroxylation is 3. The molecule has 0 spiro atoms. The third-order valence-corrected chi connectivity index (χ3v) is 7.18. The van der Waals surface area contributed by atoms with E-state index in [0.717, 1.165) is 9.54 Å². The van der Waals surface area contributed by atoms with Crippen molar-refractivity contribution in [3.05, 3.63) is 50.8 Å². The molecule has 8 nitrogen and oxygen atoms in total. The summed E-state index contributed by atoms with van der Waals surface area (Å²) >= 11 is 11.9. The van der Waals surface area contributed by atoms with E-state index >= 15 is 4.39 Å². The fraction of sp³-hybridized carbons (Fsp3) is 0.316. The molecule has 0 saturated heterocycles. The zero-order chi connectivity index (χ0) is 23.2. The second-order valence-corrected chi connectivity index (χ2v) is 9.71. The van der Waals surface area contributed by atoms with Gasteiger partial charge in [0, 0.05) is 12.5 Å². The van der Waals surface area contributed by atoms with Crippen LogP contribution >= 0.6 is 23.2 Å². The maximum atomic E-state index is 15.4. The molecule has 2 N–H and O–H groups in total. The molecule has 0 aliphatic heterocycles. The third-order valence-electron chi connectivity index (χ3n) is 4.70. The molecular weight excluding hydrogens is 470 g/mol. The predicted molar refractivity (Wildman–Crippen MR) is 115 cm³/mol. The number of carboxylic acid groups (broad SMARTS) is 1. The molecule has 0 saturated carbocycles. The fourth-order valence-corrected chi connectivity index (χ4v) is 6.12. The molecule has 1 aromatic carbocycles. The molecule has 1 atom stereocenters. The van der Waals surface area contributed by atoms with Gasteiger partial charge in [-0.15, -0.1) is 0 Å². The van der Waals surface area contributed by atoms with E-state index in [1.165, 1.54) is 6.92 Å². The number of nitrogens with one attached hydrogen (secondary N) is 1. The molecule has 0 unspecified atom stereocenters. The van der Waals surface area contributed by atoms with E-state index in [2.05, 4.69) is 15.3 Å². The highest BCUT2D eigenvalue weighted by molar-refractivity contribution is 7.90. The van der Waals surface area contributed by atoms with Crippen molar-refractivity contribution < 1.29 is 22.7 Å². The van der Waals surface area contributed by atoms with Gasteiger partial charge in [-0.1, -0.05) is 29.3 Å². The van der Waals surface area contributed by atoms with Gasteiger partial charge in [-0.05, 0) is 50.4 Å². The largest absolute Gasteiger partial charge is 0.465 e. The van der Waals surface area contributed by atoms with Crippen molar-refractivity contribution in [3.8, 4) is 0 Å². The zero-order valence-corrected chi connectivity index (χ0v) is 19.3. The number of aromatic nitrogens is 3. The molecule has 12 heteroatoms. The summed E-state index contributed by atoms with van der Waals surface area (Å²) in [5, 5.41) is 10.1. The molecule has 0 bridgehead atoms. The lowest BCUT2D eigenvalue weighted by Crippen LogP contribution is -2.34. The normalized spacial score (nSPS) is 12.9. The second kappa shape index (κ2) is 8.25. The highest BCUT2D eigenvalue weighted by Gasteiger charge is 2.33. The molecule has 2 aromatic heterocycles. The maximum absolute atomic E-state index is 15.4. The van der Waals surface area contributed by atoms with Crippen LogP contribution in [0.4, 0.5) is 9.18 Å². The summed E-state index contributed by atoms with van der Waals surface area (Å²) in [5.41, 5.74) is 1.17. The van der Waals surface area contributed by atoms with Crippen LogP contribution in [0.2, 0.25) is 10.4 Å². The number of amides is 1. The highest BCUT2D eigenvalue weighted by Crippen LogP contribution is 2.35. The van der Waals surface area contributed by atoms with E-state index in [-0.39, 0.29) is 38.5 Å². The van der Waals surface area contributed by atoms with E-state index < -0.39 is 28.0 Å². The van der Waals surface area contributed by atoms with Crippen molar-refractivity contribution in [1.82, 2.24) is 19.3 Å². The monoisotopic (exact) mass is 488 g/mol. The summed E-state index contributed by atoms with van der Waals surface area (Å²) in [6, 6.07) is 2.59. The first-order chi connectivity index (χ1) is 14.3. The van der Waals surface area contributed by atoms with Crippen LogP contribution in [0.3, 0.4) is 0 Å². The first-order valence-electron chi connectivity index (χ1n) is 9.09. The van der Waals surface area contributed by atoms with Gasteiger partial charge >= 0.3 is 6.09 Å². The van der Waals surface area contributed by atoms with Gasteiger partial charge < -0.3 is 10.4 Å². The van der Waals surface area contributed by atoms with Crippen molar-refractivity contribution in [2.75, 3.05) is 0 Å². The summed E-state index contributed by atoms with van der Waals surface area (Å²) in [6.07, 6.45) is -1.62. The predicted octanol–water partition coefficient (Wildman–Crippen LogP) is 4.24. The van der Waals surface area contributed by atoms with Gasteiger partial charge in [-0.2, -0.15) is 4.98 Å². The fourth-order valence-electron chi connectivity index (χ4n) is 3.74. The number of nitrogens with zero attached hydrogens (tertiary/aromatic N) is 3. The standard InChI is InChI=1S/C19H19Cl2FN4O4S/c1-8-5-9(2)15(10(3)6-8)31(29,30)26-12(7-11(4)23-19(27)28)14(22)13-16(20)24-18(21)25-17(13)26/h5-6,11,23H,7H2,1-4H3,(H,27,28)/t11-/m0/s1. The smallest absolute Gasteiger partial charge is 0.404 e. The van der Waals surface area contributed by atoms with Gasteiger partial charge in [0.15, 0.2) is 11.5 Å². The van der Waals surface area contributed by atoms with E-state index in [9.17, 15) is 13.2 Å². The van der Waals surface area contributed by atoms with E-state index in [1.807, 2.05) is 6.92 Å². The molecule has 0 aliphatic rings. The third kappa shape index (κ3) is 4.19. The van der Waals surface area contributed by atoms with Crippen molar-refractivity contribution in [2.45, 2.75) is 45.1 Å². The van der Waals surface area contributed by atoms with Crippen molar-refractivity contribution in [2.24, 2.45) is 0 Å². The molecular formula is C19H19Cl2FN4O4S. The van der Waals surface area contributed by atoms with Crippen LogP contribution in [-0.2, 0) is 16.4 Å². The number of halogens is 3. The van der Waals surface area contributed by atoms with Gasteiger partial charge in [-0.25, -0.2) is 26.6 Å². The summed E-state index contributed by atoms with van der Waals surface area (Å²) in [7, 11) is -4.37. The molecule has 0 aliphatic carbocycles. The molecule has 1 amide bonds.